The Balaban J connectivity index is 1.80. The zero-order valence-corrected chi connectivity index (χ0v) is 17.9. The van der Waals surface area contributed by atoms with Crippen LogP contribution in [0.3, 0.4) is 0 Å². The van der Waals surface area contributed by atoms with E-state index in [9.17, 15) is 9.59 Å². The van der Waals surface area contributed by atoms with Crippen molar-refractivity contribution in [3.63, 3.8) is 0 Å². The summed E-state index contributed by atoms with van der Waals surface area (Å²) in [5.41, 5.74) is 4.16. The van der Waals surface area contributed by atoms with Crippen molar-refractivity contribution in [2.45, 2.75) is 25.4 Å². The predicted molar refractivity (Wildman–Crippen MR) is 116 cm³/mol. The Labute approximate surface area is 174 Å². The average Bonchev–Trinajstić information content (AvgIpc) is 2.73. The molecule has 6 heteroatoms. The summed E-state index contributed by atoms with van der Waals surface area (Å²) in [7, 11) is 3.27. The molecule has 0 unspecified atom stereocenters. The monoisotopic (exact) mass is 408 g/mol. The van der Waals surface area contributed by atoms with Crippen LogP contribution in [0.2, 0.25) is 0 Å². The number of aromatic nitrogens is 2. The Morgan fingerprint density at radius 2 is 1.90 bits per heavy atom. The SMILES string of the molecule is COc1cccc(C(=O)CSc2nc(C)c(Cc3ccccc3C)c(=O)n2C)c1. The van der Waals surface area contributed by atoms with Gasteiger partial charge in [-0.15, -0.1) is 0 Å². The van der Waals surface area contributed by atoms with Crippen LogP contribution < -0.4 is 10.3 Å². The minimum Gasteiger partial charge on any atom is -0.497 e. The van der Waals surface area contributed by atoms with Crippen molar-refractivity contribution >= 4 is 17.5 Å². The van der Waals surface area contributed by atoms with Crippen LogP contribution in [0.25, 0.3) is 0 Å². The topological polar surface area (TPSA) is 61.2 Å². The summed E-state index contributed by atoms with van der Waals surface area (Å²) in [5, 5.41) is 0.539. The third kappa shape index (κ3) is 4.77. The van der Waals surface area contributed by atoms with Gasteiger partial charge in [-0.1, -0.05) is 48.2 Å². The van der Waals surface area contributed by atoms with E-state index in [4.69, 9.17) is 4.74 Å². The van der Waals surface area contributed by atoms with Gasteiger partial charge in [0.25, 0.3) is 5.56 Å². The molecule has 150 valence electrons. The minimum atomic E-state index is -0.0721. The number of hydrogen-bond acceptors (Lipinski definition) is 5. The molecule has 2 aromatic carbocycles. The molecule has 0 N–H and O–H groups in total. The molecular formula is C23H24N2O3S. The van der Waals surface area contributed by atoms with Gasteiger partial charge in [-0.05, 0) is 37.1 Å². The first-order valence-corrected chi connectivity index (χ1v) is 10.3. The lowest BCUT2D eigenvalue weighted by molar-refractivity contribution is 0.102. The van der Waals surface area contributed by atoms with E-state index in [0.717, 1.165) is 11.1 Å². The van der Waals surface area contributed by atoms with E-state index in [2.05, 4.69) is 4.98 Å². The molecule has 0 aliphatic rings. The van der Waals surface area contributed by atoms with Crippen molar-refractivity contribution in [1.29, 1.82) is 0 Å². The largest absolute Gasteiger partial charge is 0.497 e. The van der Waals surface area contributed by atoms with E-state index in [-0.39, 0.29) is 17.1 Å². The fourth-order valence-corrected chi connectivity index (χ4v) is 3.98. The van der Waals surface area contributed by atoms with Gasteiger partial charge in [0.2, 0.25) is 0 Å². The van der Waals surface area contributed by atoms with Crippen molar-refractivity contribution in [3.8, 4) is 5.75 Å². The number of ketones is 1. The lowest BCUT2D eigenvalue weighted by Crippen LogP contribution is -2.26. The average molecular weight is 409 g/mol. The fourth-order valence-electron chi connectivity index (χ4n) is 3.07. The number of nitrogens with zero attached hydrogens (tertiary/aromatic N) is 2. The fraction of sp³-hybridized carbons (Fsp3) is 0.261. The maximum Gasteiger partial charge on any atom is 0.257 e. The van der Waals surface area contributed by atoms with Gasteiger partial charge in [0.1, 0.15) is 5.75 Å². The van der Waals surface area contributed by atoms with E-state index in [1.165, 1.54) is 16.3 Å². The summed E-state index contributed by atoms with van der Waals surface area (Å²) >= 11 is 1.27. The molecule has 0 bridgehead atoms. The molecule has 0 saturated carbocycles. The van der Waals surface area contributed by atoms with Gasteiger partial charge < -0.3 is 4.74 Å². The summed E-state index contributed by atoms with van der Waals surface area (Å²) in [6.07, 6.45) is 0.547. The standard InChI is InChI=1S/C23H24N2O3S/c1-15-8-5-6-9-17(15)13-20-16(2)24-23(25(3)22(20)27)29-14-21(26)18-10-7-11-19(12-18)28-4/h5-12H,13-14H2,1-4H3. The lowest BCUT2D eigenvalue weighted by atomic mass is 10.0. The Kier molecular flexibility index (Phi) is 6.54. The smallest absolute Gasteiger partial charge is 0.257 e. The maximum absolute atomic E-state index is 12.9. The molecule has 0 aliphatic carbocycles. The zero-order valence-electron chi connectivity index (χ0n) is 17.1. The molecule has 29 heavy (non-hydrogen) atoms. The highest BCUT2D eigenvalue weighted by Gasteiger charge is 2.15. The molecule has 0 atom stereocenters. The first kappa shape index (κ1) is 20.9. The van der Waals surface area contributed by atoms with E-state index in [1.54, 1.807) is 38.4 Å². The van der Waals surface area contributed by atoms with Crippen LogP contribution >= 0.6 is 11.8 Å². The predicted octanol–water partition coefficient (Wildman–Crippen LogP) is 3.97. The first-order valence-electron chi connectivity index (χ1n) is 9.31. The van der Waals surface area contributed by atoms with Crippen molar-refractivity contribution in [1.82, 2.24) is 9.55 Å². The maximum atomic E-state index is 12.9. The molecular weight excluding hydrogens is 384 g/mol. The van der Waals surface area contributed by atoms with Crippen molar-refractivity contribution in [2.75, 3.05) is 12.9 Å². The van der Waals surface area contributed by atoms with Crippen molar-refractivity contribution in [2.24, 2.45) is 7.05 Å². The third-order valence-corrected chi connectivity index (χ3v) is 5.93. The Hall–Kier alpha value is -2.86. The van der Waals surface area contributed by atoms with Crippen LogP contribution in [0.5, 0.6) is 5.75 Å². The lowest BCUT2D eigenvalue weighted by Gasteiger charge is -2.13. The van der Waals surface area contributed by atoms with Gasteiger partial charge >= 0.3 is 0 Å². The van der Waals surface area contributed by atoms with E-state index >= 15 is 0 Å². The van der Waals surface area contributed by atoms with Gasteiger partial charge in [0.05, 0.1) is 12.9 Å². The second-order valence-electron chi connectivity index (χ2n) is 6.87. The molecule has 0 amide bonds. The Bertz CT molecular complexity index is 1110. The molecule has 0 spiro atoms. The van der Waals surface area contributed by atoms with Crippen LogP contribution in [0.1, 0.15) is 32.7 Å². The summed E-state index contributed by atoms with van der Waals surface area (Å²) < 4.78 is 6.70. The zero-order chi connectivity index (χ0) is 21.0. The molecule has 0 fully saturated rings. The molecule has 5 nitrogen and oxygen atoms in total. The van der Waals surface area contributed by atoms with Crippen LogP contribution in [-0.2, 0) is 13.5 Å². The van der Waals surface area contributed by atoms with Crippen LogP contribution in [0.15, 0.2) is 58.5 Å². The quantitative estimate of drug-likeness (QED) is 0.336. The molecule has 0 aliphatic heterocycles. The van der Waals surface area contributed by atoms with Gasteiger partial charge in [-0.25, -0.2) is 4.98 Å². The van der Waals surface area contributed by atoms with Crippen molar-refractivity contribution < 1.29 is 9.53 Å². The van der Waals surface area contributed by atoms with Crippen LogP contribution in [-0.4, -0.2) is 28.2 Å². The Morgan fingerprint density at radius 3 is 2.62 bits per heavy atom. The van der Waals surface area contributed by atoms with Crippen LogP contribution in [0.4, 0.5) is 0 Å². The number of hydrogen-bond donors (Lipinski definition) is 0. The highest BCUT2D eigenvalue weighted by molar-refractivity contribution is 7.99. The number of carbonyl (C=O) groups is 1. The number of thioether (sulfide) groups is 1. The molecule has 1 heterocycles. The van der Waals surface area contributed by atoms with E-state index < -0.39 is 0 Å². The summed E-state index contributed by atoms with van der Waals surface area (Å²) in [6.45, 7) is 3.89. The highest BCUT2D eigenvalue weighted by atomic mass is 32.2. The van der Waals surface area contributed by atoms with Gasteiger partial charge in [-0.2, -0.15) is 0 Å². The van der Waals surface area contributed by atoms with Gasteiger partial charge in [0.15, 0.2) is 10.9 Å². The number of rotatable bonds is 7. The first-order chi connectivity index (χ1) is 13.9. The number of ether oxygens (including phenoxy) is 1. The number of benzene rings is 2. The molecule has 0 radical (unpaired) electrons. The summed E-state index contributed by atoms with van der Waals surface area (Å²) in [4.78, 5) is 30.1. The Morgan fingerprint density at radius 1 is 1.14 bits per heavy atom. The van der Waals surface area contributed by atoms with E-state index in [0.29, 0.717) is 34.1 Å². The molecule has 1 aromatic heterocycles. The van der Waals surface area contributed by atoms with Gasteiger partial charge in [-0.3, -0.25) is 14.2 Å². The van der Waals surface area contributed by atoms with E-state index in [1.807, 2.05) is 38.1 Å². The highest BCUT2D eigenvalue weighted by Crippen LogP contribution is 2.20. The number of aryl methyl sites for hydroxylation is 2. The van der Waals surface area contributed by atoms with Gasteiger partial charge in [0, 0.05) is 30.3 Å². The molecule has 0 saturated heterocycles. The number of Topliss-reactive ketones (excluding diaryl/α,β-unsaturated/α-hetero) is 1. The summed E-state index contributed by atoms with van der Waals surface area (Å²) in [5.74, 6) is 0.803. The number of carbonyl (C=O) groups excluding carboxylic acids is 1. The van der Waals surface area contributed by atoms with Crippen molar-refractivity contribution in [3.05, 3.63) is 86.8 Å². The minimum absolute atomic E-state index is 0.0372. The van der Waals surface area contributed by atoms with Crippen LogP contribution in [0, 0.1) is 13.8 Å². The molecule has 3 rings (SSSR count). The second-order valence-corrected chi connectivity index (χ2v) is 7.81. The summed E-state index contributed by atoms with van der Waals surface area (Å²) in [6, 6.07) is 15.1. The molecule has 3 aromatic rings. The third-order valence-electron chi connectivity index (χ3n) is 4.90. The normalized spacial score (nSPS) is 10.8. The number of methoxy groups -OCH3 is 1. The second kappa shape index (κ2) is 9.09.